The van der Waals surface area contributed by atoms with Crippen molar-refractivity contribution in [2.45, 2.75) is 32.9 Å². The highest BCUT2D eigenvalue weighted by molar-refractivity contribution is 5.75. The summed E-state index contributed by atoms with van der Waals surface area (Å²) in [5.74, 6) is 0.175. The average Bonchev–Trinajstić information content (AvgIpc) is 2.15. The Kier molecular flexibility index (Phi) is 6.49. The van der Waals surface area contributed by atoms with E-state index in [-0.39, 0.29) is 18.1 Å². The first-order valence-electron chi connectivity index (χ1n) is 4.85. The summed E-state index contributed by atoms with van der Waals surface area (Å²) >= 11 is 0. The molecule has 0 fully saturated rings. The largest absolute Gasteiger partial charge is 0.468 e. The third-order valence-electron chi connectivity index (χ3n) is 2.17. The van der Waals surface area contributed by atoms with Crippen LogP contribution in [0, 0.1) is 5.92 Å². The highest BCUT2D eigenvalue weighted by Crippen LogP contribution is 2.03. The molecule has 0 aromatic rings. The summed E-state index contributed by atoms with van der Waals surface area (Å²) in [6.45, 7) is 6.55. The van der Waals surface area contributed by atoms with Gasteiger partial charge in [-0.1, -0.05) is 13.8 Å². The number of ether oxygens (including phenoxy) is 2. The van der Waals surface area contributed by atoms with Gasteiger partial charge in [-0.25, -0.2) is 0 Å². The molecule has 0 heterocycles. The van der Waals surface area contributed by atoms with E-state index in [4.69, 9.17) is 4.74 Å². The van der Waals surface area contributed by atoms with E-state index in [0.29, 0.717) is 12.5 Å². The first-order valence-corrected chi connectivity index (χ1v) is 4.85. The van der Waals surface area contributed by atoms with Gasteiger partial charge in [-0.3, -0.25) is 10.1 Å². The van der Waals surface area contributed by atoms with Crippen LogP contribution < -0.4 is 5.32 Å². The lowest BCUT2D eigenvalue weighted by molar-refractivity contribution is -0.143. The molecule has 0 saturated carbocycles. The van der Waals surface area contributed by atoms with Gasteiger partial charge in [-0.15, -0.1) is 0 Å². The Morgan fingerprint density at radius 2 is 1.86 bits per heavy atom. The molecular weight excluding hydrogens is 182 g/mol. The van der Waals surface area contributed by atoms with Gasteiger partial charge >= 0.3 is 5.97 Å². The lowest BCUT2D eigenvalue weighted by atomic mass is 10.0. The third-order valence-corrected chi connectivity index (χ3v) is 2.17. The number of rotatable bonds is 6. The fourth-order valence-corrected chi connectivity index (χ4v) is 1.18. The Balaban J connectivity index is 4.08. The maximum absolute atomic E-state index is 11.1. The number of hydrogen-bond donors (Lipinski definition) is 1. The maximum atomic E-state index is 11.1. The first kappa shape index (κ1) is 13.4. The van der Waals surface area contributed by atoms with Crippen molar-refractivity contribution in [2.24, 2.45) is 5.92 Å². The quantitative estimate of drug-likeness (QED) is 0.649. The number of methoxy groups -OCH3 is 2. The van der Waals surface area contributed by atoms with Gasteiger partial charge in [-0.2, -0.15) is 0 Å². The molecule has 2 atom stereocenters. The average molecular weight is 203 g/mol. The normalized spacial score (nSPS) is 15.3. The van der Waals surface area contributed by atoms with E-state index in [2.05, 4.69) is 23.9 Å². The highest BCUT2D eigenvalue weighted by atomic mass is 16.5. The summed E-state index contributed by atoms with van der Waals surface area (Å²) in [6, 6.07) is -0.114. The second kappa shape index (κ2) is 6.79. The Morgan fingerprint density at radius 1 is 1.29 bits per heavy atom. The minimum absolute atomic E-state index is 0.175. The highest BCUT2D eigenvalue weighted by Gasteiger charge is 2.20. The van der Waals surface area contributed by atoms with E-state index in [1.54, 1.807) is 14.0 Å². The molecule has 84 valence electrons. The van der Waals surface area contributed by atoms with E-state index in [9.17, 15) is 4.79 Å². The molecule has 1 N–H and O–H groups in total. The SMILES string of the molecule is COC[C@@H](N[C@H](C)C(=O)OC)C(C)C. The van der Waals surface area contributed by atoms with E-state index >= 15 is 0 Å². The minimum Gasteiger partial charge on any atom is -0.468 e. The molecule has 0 radical (unpaired) electrons. The van der Waals surface area contributed by atoms with Gasteiger partial charge in [0.05, 0.1) is 13.7 Å². The number of nitrogens with one attached hydrogen (secondary N) is 1. The molecule has 0 aliphatic heterocycles. The van der Waals surface area contributed by atoms with E-state index in [1.165, 1.54) is 7.11 Å². The van der Waals surface area contributed by atoms with Crippen LogP contribution in [0.3, 0.4) is 0 Å². The van der Waals surface area contributed by atoms with Crippen LogP contribution in [0.2, 0.25) is 0 Å². The van der Waals surface area contributed by atoms with E-state index in [0.717, 1.165) is 0 Å². The van der Waals surface area contributed by atoms with Gasteiger partial charge in [0.25, 0.3) is 0 Å². The topological polar surface area (TPSA) is 47.6 Å². The molecule has 0 aliphatic rings. The summed E-state index contributed by atoms with van der Waals surface area (Å²) in [6.07, 6.45) is 0. The van der Waals surface area contributed by atoms with E-state index < -0.39 is 0 Å². The van der Waals surface area contributed by atoms with Crippen LogP contribution in [-0.4, -0.2) is 38.9 Å². The molecule has 0 aromatic carbocycles. The summed E-state index contributed by atoms with van der Waals surface area (Å²) in [4.78, 5) is 11.1. The lowest BCUT2D eigenvalue weighted by Crippen LogP contribution is -2.46. The molecular formula is C10H21NO3. The summed E-state index contributed by atoms with van der Waals surface area (Å²) in [7, 11) is 3.04. The van der Waals surface area contributed by atoms with Crippen LogP contribution in [-0.2, 0) is 14.3 Å². The van der Waals surface area contributed by atoms with Crippen molar-refractivity contribution in [3.05, 3.63) is 0 Å². The zero-order chi connectivity index (χ0) is 11.1. The molecule has 0 spiro atoms. The Labute approximate surface area is 86.0 Å². The Hall–Kier alpha value is -0.610. The minimum atomic E-state index is -0.289. The molecule has 0 amide bonds. The van der Waals surface area contributed by atoms with Crippen LogP contribution in [0.25, 0.3) is 0 Å². The first-order chi connectivity index (χ1) is 6.52. The lowest BCUT2D eigenvalue weighted by Gasteiger charge is -2.24. The van der Waals surface area contributed by atoms with Crippen molar-refractivity contribution in [3.63, 3.8) is 0 Å². The molecule has 4 nitrogen and oxygen atoms in total. The molecule has 0 rings (SSSR count). The standard InChI is InChI=1S/C10H21NO3/c1-7(2)9(6-13-4)11-8(3)10(12)14-5/h7-9,11H,6H2,1-5H3/t8-,9-/m1/s1. The van der Waals surface area contributed by atoms with Crippen molar-refractivity contribution in [3.8, 4) is 0 Å². The van der Waals surface area contributed by atoms with Crippen molar-refractivity contribution >= 4 is 5.97 Å². The van der Waals surface area contributed by atoms with E-state index in [1.807, 2.05) is 0 Å². The van der Waals surface area contributed by atoms with Gasteiger partial charge in [0.15, 0.2) is 0 Å². The number of hydrogen-bond acceptors (Lipinski definition) is 4. The zero-order valence-electron chi connectivity index (χ0n) is 9.66. The molecule has 0 saturated heterocycles. The molecule has 0 unspecified atom stereocenters. The number of carbonyl (C=O) groups excluding carboxylic acids is 1. The molecule has 14 heavy (non-hydrogen) atoms. The Morgan fingerprint density at radius 3 is 2.21 bits per heavy atom. The van der Waals surface area contributed by atoms with Crippen LogP contribution in [0.4, 0.5) is 0 Å². The van der Waals surface area contributed by atoms with Gasteiger partial charge in [-0.05, 0) is 12.8 Å². The van der Waals surface area contributed by atoms with Gasteiger partial charge in [0, 0.05) is 13.2 Å². The zero-order valence-corrected chi connectivity index (χ0v) is 9.66. The van der Waals surface area contributed by atoms with Crippen molar-refractivity contribution in [1.29, 1.82) is 0 Å². The number of esters is 1. The molecule has 4 heteroatoms. The van der Waals surface area contributed by atoms with Crippen molar-refractivity contribution < 1.29 is 14.3 Å². The van der Waals surface area contributed by atoms with Crippen LogP contribution >= 0.6 is 0 Å². The molecule has 0 aromatic heterocycles. The third kappa shape index (κ3) is 4.58. The van der Waals surface area contributed by atoms with Crippen LogP contribution in [0.5, 0.6) is 0 Å². The van der Waals surface area contributed by atoms with Gasteiger partial charge in [0.1, 0.15) is 6.04 Å². The maximum Gasteiger partial charge on any atom is 0.322 e. The second-order valence-corrected chi connectivity index (χ2v) is 3.72. The van der Waals surface area contributed by atoms with Crippen molar-refractivity contribution in [1.82, 2.24) is 5.32 Å². The summed E-state index contributed by atoms with van der Waals surface area (Å²) < 4.78 is 9.69. The summed E-state index contributed by atoms with van der Waals surface area (Å²) in [5.41, 5.74) is 0. The molecule has 0 bridgehead atoms. The predicted octanol–water partition coefficient (Wildman–Crippen LogP) is 0.808. The van der Waals surface area contributed by atoms with Crippen molar-refractivity contribution in [2.75, 3.05) is 20.8 Å². The second-order valence-electron chi connectivity index (χ2n) is 3.72. The fourth-order valence-electron chi connectivity index (χ4n) is 1.18. The Bertz CT molecular complexity index is 171. The summed E-state index contributed by atoms with van der Waals surface area (Å²) in [5, 5.41) is 3.17. The van der Waals surface area contributed by atoms with Gasteiger partial charge in [0.2, 0.25) is 0 Å². The number of carbonyl (C=O) groups is 1. The monoisotopic (exact) mass is 203 g/mol. The van der Waals surface area contributed by atoms with Crippen LogP contribution in [0.1, 0.15) is 20.8 Å². The van der Waals surface area contributed by atoms with Crippen LogP contribution in [0.15, 0.2) is 0 Å². The fraction of sp³-hybridized carbons (Fsp3) is 0.900. The predicted molar refractivity (Wildman–Crippen MR) is 55.1 cm³/mol. The molecule has 0 aliphatic carbocycles. The van der Waals surface area contributed by atoms with Gasteiger partial charge < -0.3 is 9.47 Å². The smallest absolute Gasteiger partial charge is 0.322 e.